The first kappa shape index (κ1) is 19.0. The van der Waals surface area contributed by atoms with Gasteiger partial charge in [-0.15, -0.1) is 0 Å². The maximum Gasteiger partial charge on any atom is 0.251 e. The van der Waals surface area contributed by atoms with Crippen LogP contribution < -0.4 is 10.6 Å². The lowest BCUT2D eigenvalue weighted by Crippen LogP contribution is -2.26. The van der Waals surface area contributed by atoms with Crippen molar-refractivity contribution >= 4 is 17.5 Å². The fourth-order valence-electron chi connectivity index (χ4n) is 2.68. The summed E-state index contributed by atoms with van der Waals surface area (Å²) in [6.45, 7) is 5.16. The summed E-state index contributed by atoms with van der Waals surface area (Å²) in [6, 6.07) is 12.6. The van der Waals surface area contributed by atoms with E-state index in [-0.39, 0.29) is 11.8 Å². The number of halogens is 1. The van der Waals surface area contributed by atoms with E-state index in [1.54, 1.807) is 61.8 Å². The van der Waals surface area contributed by atoms with Gasteiger partial charge in [0.1, 0.15) is 11.5 Å². The van der Waals surface area contributed by atoms with Gasteiger partial charge in [-0.2, -0.15) is 5.10 Å². The number of nitrogens with one attached hydrogen (secondary N) is 2. The molecule has 142 valence electrons. The Kier molecular flexibility index (Phi) is 5.64. The molecule has 3 aromatic rings. The predicted molar refractivity (Wildman–Crippen MR) is 105 cm³/mol. The zero-order valence-corrected chi connectivity index (χ0v) is 15.2. The molecule has 0 bridgehead atoms. The van der Waals surface area contributed by atoms with Crippen molar-refractivity contribution in [3.05, 3.63) is 90.5 Å². The van der Waals surface area contributed by atoms with Gasteiger partial charge in [0.2, 0.25) is 5.91 Å². The smallest absolute Gasteiger partial charge is 0.251 e. The highest BCUT2D eigenvalue weighted by molar-refractivity contribution is 6.00. The summed E-state index contributed by atoms with van der Waals surface area (Å²) < 4.78 is 15.9. The molecule has 0 aliphatic rings. The van der Waals surface area contributed by atoms with E-state index in [0.717, 1.165) is 6.08 Å². The third kappa shape index (κ3) is 4.32. The number of carbonyl (C=O) groups is 2. The molecule has 7 heteroatoms. The Morgan fingerprint density at radius 2 is 2.04 bits per heavy atom. The lowest BCUT2D eigenvalue weighted by molar-refractivity contribution is -0.111. The van der Waals surface area contributed by atoms with Crippen LogP contribution in [-0.2, 0) is 4.79 Å². The Balaban J connectivity index is 1.72. The number of rotatable bonds is 6. The van der Waals surface area contributed by atoms with Crippen LogP contribution in [0.2, 0.25) is 0 Å². The van der Waals surface area contributed by atoms with E-state index in [1.807, 2.05) is 0 Å². The van der Waals surface area contributed by atoms with Gasteiger partial charge in [0, 0.05) is 23.6 Å². The van der Waals surface area contributed by atoms with Gasteiger partial charge in [0.25, 0.3) is 5.91 Å². The van der Waals surface area contributed by atoms with Crippen LogP contribution in [0.3, 0.4) is 0 Å². The highest BCUT2D eigenvalue weighted by Crippen LogP contribution is 2.20. The minimum atomic E-state index is -0.434. The number of anilines is 1. The van der Waals surface area contributed by atoms with Gasteiger partial charge in [-0.3, -0.25) is 9.59 Å². The number of amides is 2. The van der Waals surface area contributed by atoms with E-state index >= 15 is 0 Å². The molecule has 0 fully saturated rings. The quantitative estimate of drug-likeness (QED) is 0.643. The van der Waals surface area contributed by atoms with Crippen molar-refractivity contribution in [2.24, 2.45) is 0 Å². The molecule has 2 aromatic carbocycles. The number of hydrogen-bond donors (Lipinski definition) is 2. The lowest BCUT2D eigenvalue weighted by Gasteiger charge is -2.16. The Bertz CT molecular complexity index is 1020. The fraction of sp³-hybridized carbons (Fsp3) is 0.0952. The summed E-state index contributed by atoms with van der Waals surface area (Å²) in [5, 5.41) is 9.45. The molecular formula is C21H19FN4O2. The lowest BCUT2D eigenvalue weighted by atomic mass is 10.1. The van der Waals surface area contributed by atoms with E-state index in [2.05, 4.69) is 22.3 Å². The SMILES string of the molecule is C=CC(=O)Nc1cccc(C(=O)N[C@@H](C)c2ccc(-n3cccn3)c(F)c2)c1. The average molecular weight is 378 g/mol. The van der Waals surface area contributed by atoms with Crippen molar-refractivity contribution in [2.75, 3.05) is 5.32 Å². The molecule has 6 nitrogen and oxygen atoms in total. The summed E-state index contributed by atoms with van der Waals surface area (Å²) >= 11 is 0. The standard InChI is InChI=1S/C21H19FN4O2/c1-3-20(27)25-17-7-4-6-16(12-17)21(28)24-14(2)15-8-9-19(18(22)13-15)26-11-5-10-23-26/h3-14H,1H2,2H3,(H,24,28)(H,25,27)/t14-/m0/s1. The first-order valence-electron chi connectivity index (χ1n) is 8.61. The van der Waals surface area contributed by atoms with Crippen LogP contribution in [0.25, 0.3) is 5.69 Å². The molecule has 1 heterocycles. The van der Waals surface area contributed by atoms with Crippen molar-refractivity contribution in [3.8, 4) is 5.69 Å². The first-order valence-corrected chi connectivity index (χ1v) is 8.61. The average Bonchev–Trinajstić information content (AvgIpc) is 3.22. The number of carbonyl (C=O) groups excluding carboxylic acids is 2. The topological polar surface area (TPSA) is 76.0 Å². The van der Waals surface area contributed by atoms with E-state index in [9.17, 15) is 14.0 Å². The minimum absolute atomic E-state index is 0.331. The van der Waals surface area contributed by atoms with Crippen molar-refractivity contribution in [1.29, 1.82) is 0 Å². The van der Waals surface area contributed by atoms with E-state index in [0.29, 0.717) is 22.5 Å². The zero-order valence-electron chi connectivity index (χ0n) is 15.2. The number of hydrogen-bond acceptors (Lipinski definition) is 3. The third-order valence-corrected chi connectivity index (χ3v) is 4.15. The summed E-state index contributed by atoms with van der Waals surface area (Å²) in [7, 11) is 0. The Morgan fingerprint density at radius 3 is 2.71 bits per heavy atom. The van der Waals surface area contributed by atoms with Crippen molar-refractivity contribution < 1.29 is 14.0 Å². The van der Waals surface area contributed by atoms with Gasteiger partial charge < -0.3 is 10.6 Å². The van der Waals surface area contributed by atoms with Crippen LogP contribution in [0.15, 0.2) is 73.6 Å². The molecule has 1 atom stereocenters. The highest BCUT2D eigenvalue weighted by atomic mass is 19.1. The summed E-state index contributed by atoms with van der Waals surface area (Å²) in [5.74, 6) is -1.13. The zero-order chi connectivity index (χ0) is 20.1. The van der Waals surface area contributed by atoms with Crippen LogP contribution in [0.1, 0.15) is 28.9 Å². The van der Waals surface area contributed by atoms with Crippen molar-refractivity contribution in [1.82, 2.24) is 15.1 Å². The Labute approximate surface area is 161 Å². The molecule has 2 amide bonds. The summed E-state index contributed by atoms with van der Waals surface area (Å²) in [4.78, 5) is 23.9. The Morgan fingerprint density at radius 1 is 1.21 bits per heavy atom. The van der Waals surface area contributed by atoms with Crippen LogP contribution >= 0.6 is 0 Å². The van der Waals surface area contributed by atoms with Crippen LogP contribution in [0.5, 0.6) is 0 Å². The maximum atomic E-state index is 14.4. The maximum absolute atomic E-state index is 14.4. The van der Waals surface area contributed by atoms with Crippen LogP contribution in [-0.4, -0.2) is 21.6 Å². The number of benzene rings is 2. The summed E-state index contributed by atoms with van der Waals surface area (Å²) in [6.07, 6.45) is 4.37. The molecule has 0 spiro atoms. The highest BCUT2D eigenvalue weighted by Gasteiger charge is 2.14. The van der Waals surface area contributed by atoms with Crippen LogP contribution in [0.4, 0.5) is 10.1 Å². The fourth-order valence-corrected chi connectivity index (χ4v) is 2.68. The second-order valence-corrected chi connectivity index (χ2v) is 6.13. The van der Waals surface area contributed by atoms with E-state index in [4.69, 9.17) is 0 Å². The van der Waals surface area contributed by atoms with Gasteiger partial charge in [-0.1, -0.05) is 18.7 Å². The van der Waals surface area contributed by atoms with Gasteiger partial charge in [0.15, 0.2) is 0 Å². The Hall–Kier alpha value is -3.74. The first-order chi connectivity index (χ1) is 13.5. The minimum Gasteiger partial charge on any atom is -0.346 e. The largest absolute Gasteiger partial charge is 0.346 e. The van der Waals surface area contributed by atoms with Crippen LogP contribution in [0, 0.1) is 5.82 Å². The van der Waals surface area contributed by atoms with E-state index in [1.165, 1.54) is 10.7 Å². The molecule has 2 N–H and O–H groups in total. The molecule has 0 saturated carbocycles. The molecular weight excluding hydrogens is 359 g/mol. The predicted octanol–water partition coefficient (Wildman–Crippen LogP) is 3.63. The van der Waals surface area contributed by atoms with Crippen molar-refractivity contribution in [3.63, 3.8) is 0 Å². The van der Waals surface area contributed by atoms with Gasteiger partial charge >= 0.3 is 0 Å². The van der Waals surface area contributed by atoms with Gasteiger partial charge in [-0.05, 0) is 55.0 Å². The second-order valence-electron chi connectivity index (χ2n) is 6.13. The number of nitrogens with zero attached hydrogens (tertiary/aromatic N) is 2. The molecule has 0 saturated heterocycles. The summed E-state index contributed by atoms with van der Waals surface area (Å²) in [5.41, 5.74) is 1.82. The van der Waals surface area contributed by atoms with E-state index < -0.39 is 11.9 Å². The number of aromatic nitrogens is 2. The molecule has 0 unspecified atom stereocenters. The molecule has 0 aliphatic heterocycles. The molecule has 0 radical (unpaired) electrons. The monoisotopic (exact) mass is 378 g/mol. The normalized spacial score (nSPS) is 11.5. The van der Waals surface area contributed by atoms with Gasteiger partial charge in [-0.25, -0.2) is 9.07 Å². The van der Waals surface area contributed by atoms with Gasteiger partial charge in [0.05, 0.1) is 6.04 Å². The third-order valence-electron chi connectivity index (χ3n) is 4.15. The second kappa shape index (κ2) is 8.30. The molecule has 28 heavy (non-hydrogen) atoms. The molecule has 3 rings (SSSR count). The van der Waals surface area contributed by atoms with Crippen molar-refractivity contribution in [2.45, 2.75) is 13.0 Å². The molecule has 1 aromatic heterocycles. The molecule has 0 aliphatic carbocycles.